The first-order chi connectivity index (χ1) is 8.25. The van der Waals surface area contributed by atoms with Gasteiger partial charge in [0.15, 0.2) is 5.78 Å². The standard InChI is InChI=1S/C12H11N3O2/c1-9(16)8-17-12-7-14-11(6-15-12)10-4-2-3-5-13-10/h2-7H,8H2,1H3. The predicted octanol–water partition coefficient (Wildman–Crippen LogP) is 1.51. The van der Waals surface area contributed by atoms with Crippen LogP contribution < -0.4 is 4.74 Å². The quantitative estimate of drug-likeness (QED) is 0.795. The van der Waals surface area contributed by atoms with Crippen molar-refractivity contribution in [1.29, 1.82) is 0 Å². The number of Topliss-reactive ketones (excluding diaryl/α,β-unsaturated/α-hetero) is 1. The molecule has 2 aromatic rings. The zero-order valence-electron chi connectivity index (χ0n) is 9.33. The molecule has 0 saturated carbocycles. The second-order valence-electron chi connectivity index (χ2n) is 3.45. The number of ketones is 1. The van der Waals surface area contributed by atoms with Crippen molar-refractivity contribution in [2.75, 3.05) is 6.61 Å². The van der Waals surface area contributed by atoms with Crippen LogP contribution >= 0.6 is 0 Å². The summed E-state index contributed by atoms with van der Waals surface area (Å²) < 4.78 is 5.11. The SMILES string of the molecule is CC(=O)COc1cnc(-c2ccccn2)cn1. The Labute approximate surface area is 98.5 Å². The molecule has 0 fully saturated rings. The Morgan fingerprint density at radius 2 is 2.06 bits per heavy atom. The lowest BCUT2D eigenvalue weighted by molar-refractivity contribution is -0.119. The molecule has 0 amide bonds. The van der Waals surface area contributed by atoms with Gasteiger partial charge in [0.2, 0.25) is 5.88 Å². The molecule has 0 radical (unpaired) electrons. The second-order valence-corrected chi connectivity index (χ2v) is 3.45. The highest BCUT2D eigenvalue weighted by atomic mass is 16.5. The molecule has 0 N–H and O–H groups in total. The molecule has 0 spiro atoms. The van der Waals surface area contributed by atoms with Crippen LogP contribution in [0, 0.1) is 0 Å². The number of ether oxygens (including phenoxy) is 1. The van der Waals surface area contributed by atoms with Crippen molar-refractivity contribution in [1.82, 2.24) is 15.0 Å². The van der Waals surface area contributed by atoms with E-state index >= 15 is 0 Å². The van der Waals surface area contributed by atoms with Gasteiger partial charge in [-0.3, -0.25) is 9.78 Å². The summed E-state index contributed by atoms with van der Waals surface area (Å²) in [7, 11) is 0. The van der Waals surface area contributed by atoms with Crippen molar-refractivity contribution in [2.45, 2.75) is 6.92 Å². The number of hydrogen-bond donors (Lipinski definition) is 0. The summed E-state index contributed by atoms with van der Waals surface area (Å²) in [6.45, 7) is 1.47. The monoisotopic (exact) mass is 229 g/mol. The van der Waals surface area contributed by atoms with Gasteiger partial charge in [0.1, 0.15) is 12.3 Å². The third kappa shape index (κ3) is 3.07. The zero-order chi connectivity index (χ0) is 12.1. The number of rotatable bonds is 4. The Kier molecular flexibility index (Phi) is 3.40. The largest absolute Gasteiger partial charge is 0.469 e. The van der Waals surface area contributed by atoms with Gasteiger partial charge in [0, 0.05) is 6.20 Å². The summed E-state index contributed by atoms with van der Waals surface area (Å²) in [5, 5.41) is 0. The highest BCUT2D eigenvalue weighted by Crippen LogP contribution is 2.13. The highest BCUT2D eigenvalue weighted by molar-refractivity contribution is 5.77. The summed E-state index contributed by atoms with van der Waals surface area (Å²) >= 11 is 0. The molecule has 0 atom stereocenters. The Bertz CT molecular complexity index is 497. The lowest BCUT2D eigenvalue weighted by Crippen LogP contribution is -2.07. The fourth-order valence-electron chi connectivity index (χ4n) is 1.21. The van der Waals surface area contributed by atoms with E-state index in [1.165, 1.54) is 13.1 Å². The molecule has 2 heterocycles. The Morgan fingerprint density at radius 3 is 2.65 bits per heavy atom. The van der Waals surface area contributed by atoms with Gasteiger partial charge in [-0.1, -0.05) is 6.07 Å². The normalized spacial score (nSPS) is 9.94. The van der Waals surface area contributed by atoms with Crippen LogP contribution in [0.1, 0.15) is 6.92 Å². The topological polar surface area (TPSA) is 65.0 Å². The fraction of sp³-hybridized carbons (Fsp3) is 0.167. The number of carbonyl (C=O) groups excluding carboxylic acids is 1. The predicted molar refractivity (Wildman–Crippen MR) is 61.4 cm³/mol. The van der Waals surface area contributed by atoms with Crippen LogP contribution in [0.3, 0.4) is 0 Å². The van der Waals surface area contributed by atoms with E-state index in [1.807, 2.05) is 18.2 Å². The maximum Gasteiger partial charge on any atom is 0.232 e. The van der Waals surface area contributed by atoms with Gasteiger partial charge in [-0.15, -0.1) is 0 Å². The van der Waals surface area contributed by atoms with E-state index in [9.17, 15) is 4.79 Å². The van der Waals surface area contributed by atoms with Crippen LogP contribution in [0.15, 0.2) is 36.8 Å². The number of hydrogen-bond acceptors (Lipinski definition) is 5. The minimum absolute atomic E-state index is 0.0115. The van der Waals surface area contributed by atoms with Crippen molar-refractivity contribution >= 4 is 5.78 Å². The molecule has 0 aliphatic carbocycles. The maximum absolute atomic E-state index is 10.7. The van der Waals surface area contributed by atoms with E-state index in [2.05, 4.69) is 15.0 Å². The molecule has 2 aromatic heterocycles. The van der Waals surface area contributed by atoms with Gasteiger partial charge >= 0.3 is 0 Å². The number of nitrogens with zero attached hydrogens (tertiary/aromatic N) is 3. The molecule has 0 aliphatic rings. The molecular formula is C12H11N3O2. The van der Waals surface area contributed by atoms with Crippen molar-refractivity contribution in [3.05, 3.63) is 36.8 Å². The van der Waals surface area contributed by atoms with Crippen molar-refractivity contribution < 1.29 is 9.53 Å². The van der Waals surface area contributed by atoms with Crippen molar-refractivity contribution in [2.24, 2.45) is 0 Å². The smallest absolute Gasteiger partial charge is 0.232 e. The molecular weight excluding hydrogens is 218 g/mol. The summed E-state index contributed by atoms with van der Waals surface area (Å²) in [5.74, 6) is 0.278. The van der Waals surface area contributed by atoms with E-state index in [0.717, 1.165) is 5.69 Å². The van der Waals surface area contributed by atoms with Crippen LogP contribution in [0.4, 0.5) is 0 Å². The van der Waals surface area contributed by atoms with Gasteiger partial charge in [-0.2, -0.15) is 0 Å². The van der Waals surface area contributed by atoms with Gasteiger partial charge in [0.05, 0.1) is 18.1 Å². The van der Waals surface area contributed by atoms with E-state index < -0.39 is 0 Å². The number of carbonyl (C=O) groups is 1. The lowest BCUT2D eigenvalue weighted by Gasteiger charge is -2.03. The maximum atomic E-state index is 10.7. The van der Waals surface area contributed by atoms with Crippen molar-refractivity contribution in [3.63, 3.8) is 0 Å². The second kappa shape index (κ2) is 5.16. The number of aromatic nitrogens is 3. The molecule has 86 valence electrons. The molecule has 17 heavy (non-hydrogen) atoms. The van der Waals surface area contributed by atoms with Gasteiger partial charge in [0.25, 0.3) is 0 Å². The van der Waals surface area contributed by atoms with E-state index in [4.69, 9.17) is 4.74 Å². The summed E-state index contributed by atoms with van der Waals surface area (Å²) in [5.41, 5.74) is 1.42. The molecule has 0 aliphatic heterocycles. The van der Waals surface area contributed by atoms with Crippen LogP contribution in [0.2, 0.25) is 0 Å². The van der Waals surface area contributed by atoms with Gasteiger partial charge < -0.3 is 4.74 Å². The molecule has 0 saturated heterocycles. The highest BCUT2D eigenvalue weighted by Gasteiger charge is 2.02. The van der Waals surface area contributed by atoms with Gasteiger partial charge in [-0.05, 0) is 19.1 Å². The third-order valence-corrected chi connectivity index (χ3v) is 1.98. The lowest BCUT2D eigenvalue weighted by atomic mass is 10.3. The molecule has 0 bridgehead atoms. The zero-order valence-corrected chi connectivity index (χ0v) is 9.33. The Balaban J connectivity index is 2.11. The summed E-state index contributed by atoms with van der Waals surface area (Å²) in [6, 6.07) is 5.56. The molecule has 5 heteroatoms. The van der Waals surface area contributed by atoms with Crippen LogP contribution in [0.5, 0.6) is 5.88 Å². The first kappa shape index (κ1) is 11.2. The van der Waals surface area contributed by atoms with E-state index in [1.54, 1.807) is 12.4 Å². The van der Waals surface area contributed by atoms with Crippen LogP contribution in [-0.4, -0.2) is 27.3 Å². The minimum atomic E-state index is -0.0550. The minimum Gasteiger partial charge on any atom is -0.469 e. The first-order valence-electron chi connectivity index (χ1n) is 5.11. The van der Waals surface area contributed by atoms with E-state index in [-0.39, 0.29) is 12.4 Å². The third-order valence-electron chi connectivity index (χ3n) is 1.98. The summed E-state index contributed by atoms with van der Waals surface area (Å²) in [6.07, 6.45) is 4.74. The summed E-state index contributed by atoms with van der Waals surface area (Å²) in [4.78, 5) is 23.1. The Morgan fingerprint density at radius 1 is 1.18 bits per heavy atom. The average Bonchev–Trinajstić information content (AvgIpc) is 2.38. The fourth-order valence-corrected chi connectivity index (χ4v) is 1.21. The van der Waals surface area contributed by atoms with Crippen LogP contribution in [0.25, 0.3) is 11.4 Å². The van der Waals surface area contributed by atoms with Crippen molar-refractivity contribution in [3.8, 4) is 17.3 Å². The average molecular weight is 229 g/mol. The molecule has 5 nitrogen and oxygen atoms in total. The molecule has 0 aromatic carbocycles. The first-order valence-corrected chi connectivity index (χ1v) is 5.11. The molecule has 2 rings (SSSR count). The molecule has 0 unspecified atom stereocenters. The van der Waals surface area contributed by atoms with E-state index in [0.29, 0.717) is 11.6 Å². The van der Waals surface area contributed by atoms with Gasteiger partial charge in [-0.25, -0.2) is 9.97 Å². The number of pyridine rings is 1. The Hall–Kier alpha value is -2.30. The van der Waals surface area contributed by atoms with Crippen LogP contribution in [-0.2, 0) is 4.79 Å².